The van der Waals surface area contributed by atoms with E-state index < -0.39 is 0 Å². The second-order valence-corrected chi connectivity index (χ2v) is 6.02. The molecule has 1 amide bonds. The van der Waals surface area contributed by atoms with E-state index in [1.165, 1.54) is 0 Å². The molecule has 0 aliphatic rings. The summed E-state index contributed by atoms with van der Waals surface area (Å²) in [6.07, 6.45) is 0. The zero-order valence-electron chi connectivity index (χ0n) is 11.9. The molecule has 0 unspecified atom stereocenters. The van der Waals surface area contributed by atoms with Gasteiger partial charge in [-0.05, 0) is 30.3 Å². The predicted octanol–water partition coefficient (Wildman–Crippen LogP) is 3.57. The summed E-state index contributed by atoms with van der Waals surface area (Å²) < 4.78 is 4.06. The van der Waals surface area contributed by atoms with Crippen LogP contribution in [0.25, 0.3) is 10.9 Å². The zero-order chi connectivity index (χ0) is 16.2. The van der Waals surface area contributed by atoms with Crippen molar-refractivity contribution in [3.63, 3.8) is 0 Å². The second-order valence-electron chi connectivity index (χ2n) is 4.75. The highest BCUT2D eigenvalue weighted by atomic mass is 35.5. The van der Waals surface area contributed by atoms with Gasteiger partial charge in [-0.15, -0.1) is 0 Å². The van der Waals surface area contributed by atoms with E-state index in [1.807, 2.05) is 36.4 Å². The SMILES string of the molecule is NC(=NSc1cccc(Cl)c1)NC(=O)c1cc2ccccc2[nH]1. The number of halogens is 1. The molecular formula is C16H13ClN4OS. The highest BCUT2D eigenvalue weighted by Crippen LogP contribution is 2.22. The highest BCUT2D eigenvalue weighted by Gasteiger charge is 2.10. The molecule has 0 saturated carbocycles. The number of H-pyrrole nitrogens is 1. The van der Waals surface area contributed by atoms with Gasteiger partial charge in [-0.25, -0.2) is 0 Å². The number of nitrogens with one attached hydrogen (secondary N) is 2. The fourth-order valence-electron chi connectivity index (χ4n) is 2.03. The standard InChI is InChI=1S/C16H13ClN4OS/c17-11-5-3-6-12(9-11)23-21-16(18)20-15(22)14-8-10-4-1-2-7-13(10)19-14/h1-9,19H,(H3,18,20,21,22). The van der Waals surface area contributed by atoms with Crippen LogP contribution in [0.3, 0.4) is 0 Å². The molecule has 4 N–H and O–H groups in total. The number of rotatable bonds is 3. The molecule has 23 heavy (non-hydrogen) atoms. The molecular weight excluding hydrogens is 332 g/mol. The Balaban J connectivity index is 1.67. The van der Waals surface area contributed by atoms with Crippen LogP contribution in [-0.2, 0) is 0 Å². The Morgan fingerprint density at radius 3 is 2.78 bits per heavy atom. The third-order valence-electron chi connectivity index (χ3n) is 3.06. The van der Waals surface area contributed by atoms with Crippen molar-refractivity contribution in [2.75, 3.05) is 0 Å². The third kappa shape index (κ3) is 3.85. The van der Waals surface area contributed by atoms with Gasteiger partial charge in [-0.3, -0.25) is 10.1 Å². The van der Waals surface area contributed by atoms with Crippen LogP contribution in [0.1, 0.15) is 10.5 Å². The Bertz CT molecular complexity index is 857. The number of carbonyl (C=O) groups excluding carboxylic acids is 1. The summed E-state index contributed by atoms with van der Waals surface area (Å²) in [4.78, 5) is 16.0. The van der Waals surface area contributed by atoms with Crippen molar-refractivity contribution in [1.29, 1.82) is 0 Å². The average molecular weight is 345 g/mol. The maximum absolute atomic E-state index is 12.2. The van der Waals surface area contributed by atoms with Crippen LogP contribution in [0.4, 0.5) is 0 Å². The van der Waals surface area contributed by atoms with Gasteiger partial charge in [0.2, 0.25) is 5.96 Å². The van der Waals surface area contributed by atoms with Crippen molar-refractivity contribution in [2.24, 2.45) is 10.1 Å². The van der Waals surface area contributed by atoms with Gasteiger partial charge in [0.05, 0.1) is 0 Å². The molecule has 0 aliphatic carbocycles. The fraction of sp³-hybridized carbons (Fsp3) is 0. The molecule has 1 heterocycles. The topological polar surface area (TPSA) is 83.3 Å². The fourth-order valence-corrected chi connectivity index (χ4v) is 2.85. The van der Waals surface area contributed by atoms with E-state index in [0.29, 0.717) is 10.7 Å². The molecule has 5 nitrogen and oxygen atoms in total. The molecule has 3 aromatic rings. The van der Waals surface area contributed by atoms with E-state index in [-0.39, 0.29) is 11.9 Å². The lowest BCUT2D eigenvalue weighted by atomic mass is 10.2. The van der Waals surface area contributed by atoms with Gasteiger partial charge >= 0.3 is 0 Å². The number of nitrogens with two attached hydrogens (primary N) is 1. The van der Waals surface area contributed by atoms with Gasteiger partial charge < -0.3 is 10.7 Å². The number of amides is 1. The van der Waals surface area contributed by atoms with E-state index in [2.05, 4.69) is 14.7 Å². The molecule has 7 heteroatoms. The Kier molecular flexibility index (Phi) is 4.55. The summed E-state index contributed by atoms with van der Waals surface area (Å²) in [5.74, 6) is -0.312. The Labute approximate surface area is 142 Å². The Morgan fingerprint density at radius 2 is 2.00 bits per heavy atom. The Morgan fingerprint density at radius 1 is 1.17 bits per heavy atom. The van der Waals surface area contributed by atoms with Gasteiger partial charge in [0, 0.05) is 32.8 Å². The Hall–Kier alpha value is -2.44. The lowest BCUT2D eigenvalue weighted by Gasteiger charge is -2.02. The molecule has 0 radical (unpaired) electrons. The molecule has 0 spiro atoms. The largest absolute Gasteiger partial charge is 0.369 e. The zero-order valence-corrected chi connectivity index (χ0v) is 13.5. The number of nitrogens with zero attached hydrogens (tertiary/aromatic N) is 1. The van der Waals surface area contributed by atoms with E-state index in [9.17, 15) is 4.79 Å². The maximum atomic E-state index is 12.2. The normalized spacial score (nSPS) is 11.6. The summed E-state index contributed by atoms with van der Waals surface area (Å²) >= 11 is 7.03. The molecule has 1 aromatic heterocycles. The summed E-state index contributed by atoms with van der Waals surface area (Å²) in [6, 6.07) is 16.6. The van der Waals surface area contributed by atoms with Gasteiger partial charge in [0.1, 0.15) is 5.69 Å². The van der Waals surface area contributed by atoms with Crippen LogP contribution in [0.15, 0.2) is 63.9 Å². The van der Waals surface area contributed by atoms with Crippen LogP contribution < -0.4 is 11.1 Å². The van der Waals surface area contributed by atoms with Crippen molar-refractivity contribution >= 4 is 46.3 Å². The molecule has 3 rings (SSSR count). The first-order valence-corrected chi connectivity index (χ1v) is 7.92. The molecule has 2 aromatic carbocycles. The first-order valence-electron chi connectivity index (χ1n) is 6.77. The van der Waals surface area contributed by atoms with E-state index in [0.717, 1.165) is 27.7 Å². The highest BCUT2D eigenvalue weighted by molar-refractivity contribution is 7.98. The number of aromatic amines is 1. The number of aromatic nitrogens is 1. The van der Waals surface area contributed by atoms with Crippen LogP contribution in [-0.4, -0.2) is 16.9 Å². The number of guanidine groups is 1. The van der Waals surface area contributed by atoms with Crippen molar-refractivity contribution in [2.45, 2.75) is 4.90 Å². The van der Waals surface area contributed by atoms with E-state index in [4.69, 9.17) is 17.3 Å². The summed E-state index contributed by atoms with van der Waals surface area (Å²) in [5, 5.41) is 4.12. The molecule has 0 atom stereocenters. The van der Waals surface area contributed by atoms with Crippen LogP contribution in [0.2, 0.25) is 5.02 Å². The minimum Gasteiger partial charge on any atom is -0.369 e. The first-order chi connectivity index (χ1) is 11.1. The van der Waals surface area contributed by atoms with Crippen molar-refractivity contribution in [1.82, 2.24) is 10.3 Å². The number of benzene rings is 2. The van der Waals surface area contributed by atoms with Gasteiger partial charge in [0.15, 0.2) is 0 Å². The second kappa shape index (κ2) is 6.76. The minimum absolute atomic E-state index is 0.0265. The molecule has 0 aliphatic heterocycles. The molecule has 0 saturated heterocycles. The first kappa shape index (κ1) is 15.5. The maximum Gasteiger partial charge on any atom is 0.274 e. The lowest BCUT2D eigenvalue weighted by molar-refractivity contribution is 0.0972. The number of para-hydroxylation sites is 1. The van der Waals surface area contributed by atoms with Gasteiger partial charge in [-0.2, -0.15) is 4.40 Å². The van der Waals surface area contributed by atoms with E-state index >= 15 is 0 Å². The number of carbonyl (C=O) groups is 1. The van der Waals surface area contributed by atoms with Crippen LogP contribution >= 0.6 is 23.5 Å². The number of fused-ring (bicyclic) bond motifs is 1. The van der Waals surface area contributed by atoms with Crippen molar-refractivity contribution < 1.29 is 4.79 Å². The van der Waals surface area contributed by atoms with E-state index in [1.54, 1.807) is 18.2 Å². The summed E-state index contributed by atoms with van der Waals surface area (Å²) in [5.41, 5.74) is 7.06. The lowest BCUT2D eigenvalue weighted by Crippen LogP contribution is -2.36. The molecule has 0 fully saturated rings. The minimum atomic E-state index is -0.339. The van der Waals surface area contributed by atoms with Crippen molar-refractivity contribution in [3.05, 3.63) is 65.3 Å². The van der Waals surface area contributed by atoms with Crippen molar-refractivity contribution in [3.8, 4) is 0 Å². The summed E-state index contributed by atoms with van der Waals surface area (Å²) in [7, 11) is 0. The van der Waals surface area contributed by atoms with Crippen LogP contribution in [0.5, 0.6) is 0 Å². The number of hydrogen-bond donors (Lipinski definition) is 3. The molecule has 116 valence electrons. The molecule has 0 bridgehead atoms. The van der Waals surface area contributed by atoms with Crippen LogP contribution in [0, 0.1) is 0 Å². The quantitative estimate of drug-likeness (QED) is 0.386. The van der Waals surface area contributed by atoms with Gasteiger partial charge in [0.25, 0.3) is 5.91 Å². The number of hydrogen-bond acceptors (Lipinski definition) is 3. The average Bonchev–Trinajstić information content (AvgIpc) is 2.97. The van der Waals surface area contributed by atoms with Gasteiger partial charge in [-0.1, -0.05) is 35.9 Å². The predicted molar refractivity (Wildman–Crippen MR) is 94.7 cm³/mol. The smallest absolute Gasteiger partial charge is 0.274 e. The summed E-state index contributed by atoms with van der Waals surface area (Å²) in [6.45, 7) is 0. The monoisotopic (exact) mass is 344 g/mol. The third-order valence-corrected chi connectivity index (χ3v) is 4.05.